The van der Waals surface area contributed by atoms with Gasteiger partial charge in [0.15, 0.2) is 16.6 Å². The molecule has 1 aromatic heterocycles. The molecule has 0 atom stereocenters. The van der Waals surface area contributed by atoms with E-state index in [0.717, 1.165) is 22.3 Å². The average Bonchev–Trinajstić information content (AvgIpc) is 3.15. The Morgan fingerprint density at radius 2 is 2.04 bits per heavy atom. The molecule has 4 rings (SSSR count). The Hall–Kier alpha value is -3.26. The van der Waals surface area contributed by atoms with Crippen LogP contribution in [0.3, 0.4) is 0 Å². The zero-order valence-corrected chi connectivity index (χ0v) is 16.0. The molecule has 0 saturated carbocycles. The van der Waals surface area contributed by atoms with Gasteiger partial charge in [0.2, 0.25) is 6.79 Å². The molecule has 1 aliphatic rings. The molecule has 28 heavy (non-hydrogen) atoms. The van der Waals surface area contributed by atoms with Crippen LogP contribution in [0.25, 0.3) is 10.9 Å². The summed E-state index contributed by atoms with van der Waals surface area (Å²) < 4.78 is 15.8. The molecule has 2 aromatic carbocycles. The summed E-state index contributed by atoms with van der Waals surface area (Å²) in [6, 6.07) is 13.0. The number of hydrogen-bond donors (Lipinski definition) is 3. The minimum Gasteiger partial charge on any atom is -0.497 e. The van der Waals surface area contributed by atoms with Gasteiger partial charge in [-0.2, -0.15) is 0 Å². The molecule has 0 bridgehead atoms. The van der Waals surface area contributed by atoms with Crippen molar-refractivity contribution < 1.29 is 14.2 Å². The molecular formula is C20H19N3O4S. The van der Waals surface area contributed by atoms with Crippen molar-refractivity contribution >= 4 is 33.9 Å². The molecule has 1 aliphatic heterocycles. The molecule has 0 unspecified atom stereocenters. The van der Waals surface area contributed by atoms with Crippen LogP contribution in [0, 0.1) is 0 Å². The second-order valence-corrected chi connectivity index (χ2v) is 6.68. The molecular weight excluding hydrogens is 378 g/mol. The van der Waals surface area contributed by atoms with Crippen LogP contribution >= 0.6 is 12.2 Å². The summed E-state index contributed by atoms with van der Waals surface area (Å²) >= 11 is 5.32. The van der Waals surface area contributed by atoms with Crippen LogP contribution < -0.4 is 30.4 Å². The highest BCUT2D eigenvalue weighted by molar-refractivity contribution is 7.80. The van der Waals surface area contributed by atoms with Crippen molar-refractivity contribution in [3.8, 4) is 17.2 Å². The van der Waals surface area contributed by atoms with Gasteiger partial charge in [-0.05, 0) is 54.4 Å². The number of thiocarbonyl (C=S) groups is 1. The van der Waals surface area contributed by atoms with E-state index in [1.807, 2.05) is 42.5 Å². The fraction of sp³-hybridized carbons (Fsp3) is 0.200. The topological polar surface area (TPSA) is 84.6 Å². The van der Waals surface area contributed by atoms with Gasteiger partial charge in [0.05, 0.1) is 12.6 Å². The van der Waals surface area contributed by atoms with Crippen LogP contribution in [-0.4, -0.2) is 30.5 Å². The Morgan fingerprint density at radius 1 is 1.18 bits per heavy atom. The summed E-state index contributed by atoms with van der Waals surface area (Å²) in [5, 5.41) is 7.64. The third-order valence-electron chi connectivity index (χ3n) is 4.44. The first-order chi connectivity index (χ1) is 13.6. The lowest BCUT2D eigenvalue weighted by atomic mass is 10.1. The van der Waals surface area contributed by atoms with Crippen LogP contribution in [0.4, 0.5) is 5.69 Å². The van der Waals surface area contributed by atoms with Crippen LogP contribution in [0.15, 0.2) is 47.3 Å². The van der Waals surface area contributed by atoms with Crippen molar-refractivity contribution in [2.24, 2.45) is 0 Å². The first-order valence-corrected chi connectivity index (χ1v) is 9.17. The summed E-state index contributed by atoms with van der Waals surface area (Å²) in [7, 11) is 1.60. The van der Waals surface area contributed by atoms with Gasteiger partial charge in [0, 0.05) is 29.9 Å². The normalized spacial score (nSPS) is 12.0. The number of anilines is 1. The largest absolute Gasteiger partial charge is 0.497 e. The van der Waals surface area contributed by atoms with Crippen LogP contribution in [0.1, 0.15) is 5.56 Å². The van der Waals surface area contributed by atoms with Crippen molar-refractivity contribution in [3.63, 3.8) is 0 Å². The molecule has 0 fully saturated rings. The highest BCUT2D eigenvalue weighted by Gasteiger charge is 2.13. The maximum absolute atomic E-state index is 12.3. The first kappa shape index (κ1) is 18.1. The van der Waals surface area contributed by atoms with E-state index < -0.39 is 0 Å². The molecule has 0 aliphatic carbocycles. The summed E-state index contributed by atoms with van der Waals surface area (Å²) in [5.74, 6) is 2.11. The Labute approximate surface area is 166 Å². The predicted octanol–water partition coefficient (Wildman–Crippen LogP) is 2.79. The second-order valence-electron chi connectivity index (χ2n) is 6.28. The minimum atomic E-state index is -0.114. The van der Waals surface area contributed by atoms with Crippen molar-refractivity contribution in [2.45, 2.75) is 6.42 Å². The van der Waals surface area contributed by atoms with Crippen molar-refractivity contribution in [3.05, 3.63) is 58.4 Å². The lowest BCUT2D eigenvalue weighted by molar-refractivity contribution is 0.174. The molecule has 8 heteroatoms. The summed E-state index contributed by atoms with van der Waals surface area (Å²) in [6.07, 6.45) is 0.542. The van der Waals surface area contributed by atoms with Gasteiger partial charge in [-0.1, -0.05) is 0 Å². The second kappa shape index (κ2) is 7.77. The minimum absolute atomic E-state index is 0.114. The SMILES string of the molecule is COc1ccc2cc(CCNC(=S)Nc3ccc4c(c3)OCO4)c(=O)[nH]c2c1. The quantitative estimate of drug-likeness (QED) is 0.571. The van der Waals surface area contributed by atoms with E-state index in [9.17, 15) is 4.79 Å². The number of H-pyrrole nitrogens is 1. The van der Waals surface area contributed by atoms with Crippen molar-refractivity contribution in [1.82, 2.24) is 10.3 Å². The number of aromatic amines is 1. The van der Waals surface area contributed by atoms with Gasteiger partial charge in [-0.15, -0.1) is 0 Å². The third kappa shape index (κ3) is 3.86. The lowest BCUT2D eigenvalue weighted by Gasteiger charge is -2.11. The fourth-order valence-electron chi connectivity index (χ4n) is 3.00. The van der Waals surface area contributed by atoms with Crippen LogP contribution in [0.2, 0.25) is 0 Å². The van der Waals surface area contributed by atoms with E-state index in [0.29, 0.717) is 35.1 Å². The number of ether oxygens (including phenoxy) is 3. The molecule has 7 nitrogen and oxygen atoms in total. The van der Waals surface area contributed by atoms with Crippen molar-refractivity contribution in [1.29, 1.82) is 0 Å². The van der Waals surface area contributed by atoms with Gasteiger partial charge < -0.3 is 29.8 Å². The van der Waals surface area contributed by atoms with Gasteiger partial charge in [-0.25, -0.2) is 0 Å². The van der Waals surface area contributed by atoms with Gasteiger partial charge in [0.25, 0.3) is 5.56 Å². The molecule has 144 valence electrons. The Balaban J connectivity index is 1.36. The van der Waals surface area contributed by atoms with E-state index >= 15 is 0 Å². The van der Waals surface area contributed by atoms with Crippen LogP contribution in [-0.2, 0) is 6.42 Å². The zero-order valence-electron chi connectivity index (χ0n) is 15.2. The number of fused-ring (bicyclic) bond motifs is 2. The molecule has 3 aromatic rings. The smallest absolute Gasteiger partial charge is 0.251 e. The standard InChI is InChI=1S/C20H19N3O4S/c1-25-15-4-2-12-8-13(19(24)23-16(12)10-15)6-7-21-20(28)22-14-3-5-17-18(9-14)27-11-26-17/h2-5,8-10H,6-7,11H2,1H3,(H,23,24)(H2,21,22,28). The maximum Gasteiger partial charge on any atom is 0.251 e. The first-order valence-electron chi connectivity index (χ1n) is 8.77. The Kier molecular flexibility index (Phi) is 5.03. The van der Waals surface area contributed by atoms with E-state index in [1.165, 1.54) is 0 Å². The van der Waals surface area contributed by atoms with E-state index in [1.54, 1.807) is 7.11 Å². The van der Waals surface area contributed by atoms with Crippen LogP contribution in [0.5, 0.6) is 17.2 Å². The number of pyridine rings is 1. The van der Waals surface area contributed by atoms with E-state index in [4.69, 9.17) is 26.4 Å². The highest BCUT2D eigenvalue weighted by Crippen LogP contribution is 2.34. The highest BCUT2D eigenvalue weighted by atomic mass is 32.1. The van der Waals surface area contributed by atoms with Gasteiger partial charge in [0.1, 0.15) is 5.75 Å². The summed E-state index contributed by atoms with van der Waals surface area (Å²) in [4.78, 5) is 15.2. The fourth-order valence-corrected chi connectivity index (χ4v) is 3.22. The van der Waals surface area contributed by atoms with E-state index in [-0.39, 0.29) is 12.4 Å². The molecule has 2 heterocycles. The predicted molar refractivity (Wildman–Crippen MR) is 112 cm³/mol. The molecule has 0 spiro atoms. The average molecular weight is 397 g/mol. The summed E-state index contributed by atoms with van der Waals surface area (Å²) in [6.45, 7) is 0.760. The summed E-state index contributed by atoms with van der Waals surface area (Å²) in [5.41, 5.74) is 2.13. The Bertz CT molecular complexity index is 1100. The number of aromatic nitrogens is 1. The van der Waals surface area contributed by atoms with E-state index in [2.05, 4.69) is 15.6 Å². The molecule has 0 saturated heterocycles. The number of rotatable bonds is 5. The molecule has 3 N–H and O–H groups in total. The van der Waals surface area contributed by atoms with Gasteiger partial charge in [-0.3, -0.25) is 4.79 Å². The number of nitrogens with one attached hydrogen (secondary N) is 3. The Morgan fingerprint density at radius 3 is 2.89 bits per heavy atom. The molecule has 0 amide bonds. The monoisotopic (exact) mass is 397 g/mol. The maximum atomic E-state index is 12.3. The number of methoxy groups -OCH3 is 1. The molecule has 0 radical (unpaired) electrons. The number of benzene rings is 2. The van der Waals surface area contributed by atoms with Gasteiger partial charge >= 0.3 is 0 Å². The zero-order chi connectivity index (χ0) is 19.5. The number of hydrogen-bond acceptors (Lipinski definition) is 5. The third-order valence-corrected chi connectivity index (χ3v) is 4.69. The lowest BCUT2D eigenvalue weighted by Crippen LogP contribution is -2.31. The van der Waals surface area contributed by atoms with Crippen molar-refractivity contribution in [2.75, 3.05) is 25.8 Å².